The van der Waals surface area contributed by atoms with E-state index in [0.717, 1.165) is 5.56 Å². The summed E-state index contributed by atoms with van der Waals surface area (Å²) < 4.78 is 5.10. The van der Waals surface area contributed by atoms with Crippen LogP contribution in [0.4, 0.5) is 0 Å². The predicted octanol–water partition coefficient (Wildman–Crippen LogP) is 4.15. The third-order valence-corrected chi connectivity index (χ3v) is 5.01. The van der Waals surface area contributed by atoms with Gasteiger partial charge in [0, 0.05) is 25.5 Å². The minimum Gasteiger partial charge on any atom is -0.497 e. The number of Topliss-reactive ketones (excluding diaryl/α,β-unsaturated/α-hetero) is 1. The van der Waals surface area contributed by atoms with E-state index >= 15 is 0 Å². The molecular formula is C24H31NO4. The maximum absolute atomic E-state index is 12.4. The number of nitrogens with zero attached hydrogens (tertiary/aromatic N) is 1. The highest BCUT2D eigenvalue weighted by Crippen LogP contribution is 2.23. The van der Waals surface area contributed by atoms with Crippen LogP contribution in [0.2, 0.25) is 0 Å². The monoisotopic (exact) mass is 397 g/mol. The molecule has 1 N–H and O–H groups in total. The highest BCUT2D eigenvalue weighted by atomic mass is 16.5. The van der Waals surface area contributed by atoms with Crippen molar-refractivity contribution in [2.45, 2.75) is 45.1 Å². The van der Waals surface area contributed by atoms with Gasteiger partial charge in [-0.15, -0.1) is 0 Å². The van der Waals surface area contributed by atoms with Crippen molar-refractivity contribution in [3.8, 4) is 5.75 Å². The molecule has 0 aromatic heterocycles. The van der Waals surface area contributed by atoms with Crippen molar-refractivity contribution >= 4 is 11.7 Å². The zero-order valence-electron chi connectivity index (χ0n) is 17.9. The third-order valence-electron chi connectivity index (χ3n) is 5.01. The molecule has 0 aliphatic heterocycles. The first-order valence-corrected chi connectivity index (χ1v) is 9.81. The molecule has 156 valence electrons. The van der Waals surface area contributed by atoms with Crippen molar-refractivity contribution in [2.75, 3.05) is 20.7 Å². The smallest absolute Gasteiger partial charge is 0.222 e. The first kappa shape index (κ1) is 22.6. The average molecular weight is 398 g/mol. The van der Waals surface area contributed by atoms with E-state index in [0.29, 0.717) is 16.9 Å². The Balaban J connectivity index is 1.86. The summed E-state index contributed by atoms with van der Waals surface area (Å²) in [4.78, 5) is 26.2. The summed E-state index contributed by atoms with van der Waals surface area (Å²) in [5, 5.41) is 10.3. The quantitative estimate of drug-likeness (QED) is 0.680. The van der Waals surface area contributed by atoms with Gasteiger partial charge in [-0.1, -0.05) is 57.2 Å². The van der Waals surface area contributed by atoms with Crippen LogP contribution >= 0.6 is 0 Å². The molecule has 0 aliphatic carbocycles. The number of aliphatic hydroxyl groups excluding tert-OH is 1. The largest absolute Gasteiger partial charge is 0.497 e. The lowest BCUT2D eigenvalue weighted by atomic mass is 9.86. The van der Waals surface area contributed by atoms with Gasteiger partial charge >= 0.3 is 0 Å². The molecule has 2 aromatic carbocycles. The molecule has 2 aromatic rings. The van der Waals surface area contributed by atoms with E-state index < -0.39 is 6.10 Å². The molecular weight excluding hydrogens is 366 g/mol. The lowest BCUT2D eigenvalue weighted by molar-refractivity contribution is -0.131. The minimum atomic E-state index is -0.796. The van der Waals surface area contributed by atoms with Gasteiger partial charge in [-0.25, -0.2) is 0 Å². The van der Waals surface area contributed by atoms with Crippen LogP contribution in [0.1, 0.15) is 61.2 Å². The molecule has 0 fully saturated rings. The summed E-state index contributed by atoms with van der Waals surface area (Å²) in [7, 11) is 3.22. The fraction of sp³-hybridized carbons (Fsp3) is 0.417. The first-order chi connectivity index (χ1) is 13.6. The number of benzene rings is 2. The molecule has 0 radical (unpaired) electrons. The maximum atomic E-state index is 12.4. The van der Waals surface area contributed by atoms with Crippen LogP contribution in [0.15, 0.2) is 48.5 Å². The second kappa shape index (κ2) is 9.70. The van der Waals surface area contributed by atoms with Gasteiger partial charge in [0.1, 0.15) is 5.75 Å². The van der Waals surface area contributed by atoms with Gasteiger partial charge in [0.25, 0.3) is 0 Å². The number of carbonyl (C=O) groups excluding carboxylic acids is 2. The van der Waals surface area contributed by atoms with Crippen LogP contribution in [-0.4, -0.2) is 42.4 Å². The van der Waals surface area contributed by atoms with Crippen LogP contribution in [0.25, 0.3) is 0 Å². The van der Waals surface area contributed by atoms with Gasteiger partial charge < -0.3 is 14.7 Å². The third kappa shape index (κ3) is 6.43. The van der Waals surface area contributed by atoms with E-state index in [9.17, 15) is 14.7 Å². The van der Waals surface area contributed by atoms with Crippen LogP contribution in [0.3, 0.4) is 0 Å². The number of likely N-dealkylation sites (N-methyl/N-ethyl adjacent to an activating group) is 1. The van der Waals surface area contributed by atoms with Crippen LogP contribution < -0.4 is 4.74 Å². The number of ether oxygens (including phenoxy) is 1. The van der Waals surface area contributed by atoms with Gasteiger partial charge in [0.2, 0.25) is 5.91 Å². The summed E-state index contributed by atoms with van der Waals surface area (Å²) in [6.07, 6.45) is -0.530. The van der Waals surface area contributed by atoms with Crippen LogP contribution in [0.5, 0.6) is 5.75 Å². The number of amides is 1. The molecule has 0 spiro atoms. The fourth-order valence-electron chi connectivity index (χ4n) is 3.00. The Morgan fingerprint density at radius 3 is 2.10 bits per heavy atom. The van der Waals surface area contributed by atoms with Gasteiger partial charge in [0.15, 0.2) is 5.78 Å². The molecule has 0 bridgehead atoms. The number of aliphatic hydroxyl groups is 1. The number of methoxy groups -OCH3 is 1. The summed E-state index contributed by atoms with van der Waals surface area (Å²) >= 11 is 0. The van der Waals surface area contributed by atoms with E-state index in [-0.39, 0.29) is 36.5 Å². The lowest BCUT2D eigenvalue weighted by Crippen LogP contribution is -2.31. The van der Waals surface area contributed by atoms with Gasteiger partial charge in [-0.3, -0.25) is 9.59 Å². The molecule has 0 heterocycles. The molecule has 1 unspecified atom stereocenters. The van der Waals surface area contributed by atoms with E-state index in [1.54, 1.807) is 38.4 Å². The Labute approximate surface area is 173 Å². The Morgan fingerprint density at radius 2 is 1.59 bits per heavy atom. The second-order valence-corrected chi connectivity index (χ2v) is 8.31. The van der Waals surface area contributed by atoms with Crippen molar-refractivity contribution in [1.29, 1.82) is 0 Å². The first-order valence-electron chi connectivity index (χ1n) is 9.81. The highest BCUT2D eigenvalue weighted by molar-refractivity contribution is 5.98. The molecule has 0 aliphatic rings. The normalized spacial score (nSPS) is 12.3. The number of carbonyl (C=O) groups is 2. The summed E-state index contributed by atoms with van der Waals surface area (Å²) in [5.74, 6) is 0.486. The molecule has 2 rings (SSSR count). The minimum absolute atomic E-state index is 0.0327. The number of hydrogen-bond acceptors (Lipinski definition) is 4. The van der Waals surface area contributed by atoms with E-state index in [1.165, 1.54) is 4.90 Å². The number of rotatable bonds is 8. The van der Waals surface area contributed by atoms with Crippen LogP contribution in [-0.2, 0) is 10.2 Å². The van der Waals surface area contributed by atoms with Crippen molar-refractivity contribution in [3.63, 3.8) is 0 Å². The van der Waals surface area contributed by atoms with Crippen LogP contribution in [0, 0.1) is 0 Å². The number of hydrogen-bond donors (Lipinski definition) is 1. The second-order valence-electron chi connectivity index (χ2n) is 8.31. The predicted molar refractivity (Wildman–Crippen MR) is 114 cm³/mol. The summed E-state index contributed by atoms with van der Waals surface area (Å²) in [5.41, 5.74) is 2.52. The topological polar surface area (TPSA) is 66.8 Å². The lowest BCUT2D eigenvalue weighted by Gasteiger charge is -2.21. The molecule has 5 heteroatoms. The Bertz CT molecular complexity index is 819. The van der Waals surface area contributed by atoms with Crippen molar-refractivity contribution in [2.24, 2.45) is 0 Å². The van der Waals surface area contributed by atoms with Crippen molar-refractivity contribution in [3.05, 3.63) is 65.2 Å². The van der Waals surface area contributed by atoms with Gasteiger partial charge in [0.05, 0.1) is 19.8 Å². The Morgan fingerprint density at radius 1 is 1.00 bits per heavy atom. The summed E-state index contributed by atoms with van der Waals surface area (Å²) in [6.45, 7) is 6.54. The average Bonchev–Trinajstić information content (AvgIpc) is 2.71. The molecule has 0 saturated carbocycles. The maximum Gasteiger partial charge on any atom is 0.222 e. The zero-order chi connectivity index (χ0) is 21.6. The van der Waals surface area contributed by atoms with E-state index in [1.807, 2.05) is 24.3 Å². The molecule has 1 amide bonds. The molecule has 5 nitrogen and oxygen atoms in total. The standard InChI is InChI=1S/C24H31NO4/c1-24(2,3)19-10-6-17(7-11-19)21(26)14-15-23(28)25(4)16-22(27)18-8-12-20(29-5)13-9-18/h6-13,22,27H,14-16H2,1-5H3. The molecule has 29 heavy (non-hydrogen) atoms. The van der Waals surface area contributed by atoms with Gasteiger partial charge in [-0.05, 0) is 28.7 Å². The van der Waals surface area contributed by atoms with E-state index in [4.69, 9.17) is 4.74 Å². The Kier molecular flexibility index (Phi) is 7.57. The molecule has 1 atom stereocenters. The van der Waals surface area contributed by atoms with Crippen molar-refractivity contribution in [1.82, 2.24) is 4.90 Å². The Hall–Kier alpha value is -2.66. The summed E-state index contributed by atoms with van der Waals surface area (Å²) in [6, 6.07) is 14.7. The van der Waals surface area contributed by atoms with Crippen molar-refractivity contribution < 1.29 is 19.4 Å². The molecule has 0 saturated heterocycles. The SMILES string of the molecule is COc1ccc(C(O)CN(C)C(=O)CCC(=O)c2ccc(C(C)(C)C)cc2)cc1. The number of ketones is 1. The van der Waals surface area contributed by atoms with Gasteiger partial charge in [-0.2, -0.15) is 0 Å². The highest BCUT2D eigenvalue weighted by Gasteiger charge is 2.18. The van der Waals surface area contributed by atoms with E-state index in [2.05, 4.69) is 20.8 Å². The fourth-order valence-corrected chi connectivity index (χ4v) is 3.00. The zero-order valence-corrected chi connectivity index (χ0v) is 17.9.